The lowest BCUT2D eigenvalue weighted by molar-refractivity contribution is 0.954. The molecule has 0 aliphatic heterocycles. The lowest BCUT2D eigenvalue weighted by Gasteiger charge is -2.11. The average molecular weight is 621 g/mol. The van der Waals surface area contributed by atoms with Gasteiger partial charge in [0.05, 0.1) is 24.7 Å². The van der Waals surface area contributed by atoms with Crippen molar-refractivity contribution in [3.05, 3.63) is 133 Å². The normalized spacial score (nSPS) is 15.1. The lowest BCUT2D eigenvalue weighted by Crippen LogP contribution is -2.06. The molecular formula is C39H22N4S2. The van der Waals surface area contributed by atoms with Crippen LogP contribution in [-0.2, 0) is 0 Å². The van der Waals surface area contributed by atoms with Crippen molar-refractivity contribution in [2.45, 2.75) is 0 Å². The van der Waals surface area contributed by atoms with Crippen LogP contribution < -0.4 is 0 Å². The van der Waals surface area contributed by atoms with E-state index in [-0.39, 0.29) is 83.7 Å². The van der Waals surface area contributed by atoms with Crippen molar-refractivity contribution in [3.63, 3.8) is 0 Å². The molecule has 6 heteroatoms. The fourth-order valence-corrected chi connectivity index (χ4v) is 7.98. The van der Waals surface area contributed by atoms with Crippen molar-refractivity contribution in [3.8, 4) is 28.7 Å². The molecule has 4 nitrogen and oxygen atoms in total. The van der Waals surface area contributed by atoms with Gasteiger partial charge in [0.15, 0.2) is 11.6 Å². The van der Waals surface area contributed by atoms with E-state index in [4.69, 9.17) is 25.9 Å². The van der Waals surface area contributed by atoms with Gasteiger partial charge >= 0.3 is 0 Å². The molecule has 0 saturated heterocycles. The van der Waals surface area contributed by atoms with E-state index in [1.54, 1.807) is 11.3 Å². The van der Waals surface area contributed by atoms with Gasteiger partial charge in [-0.1, -0.05) is 96.9 Å². The molecule has 10 aromatic rings. The standard InChI is InChI=1S/C39H22N4S2/c1-2-10-23(11-3-1)37-40-38(24-18-19-28-26-13-5-8-16-33(26)44-35(28)20-24)42-39(41-37)43-31-15-7-4-12-25(31)29-21-30-27-14-6-9-17-34(27)45-36(30)22-32(29)43/h1-22H/i4D,6D,7D,9D,12D,14D,15D,17D,21D,22D. The SMILES string of the molecule is [2H]c1c([2H])c([2H])c2c(sc3c([2H])c4c(c([2H])c32)c2c([2H])c([2H])c([2H])c([2H])c2n4-c2nc(-c3ccccc3)nc(-c3ccc4c(c3)sc3ccccc34)n2)c1[2H]. The molecule has 0 spiro atoms. The van der Waals surface area contributed by atoms with Crippen LogP contribution in [0.25, 0.3) is 90.9 Å². The second-order valence-electron chi connectivity index (χ2n) is 10.5. The first kappa shape index (κ1) is 17.2. The minimum atomic E-state index is -0.530. The highest BCUT2D eigenvalue weighted by molar-refractivity contribution is 7.26. The van der Waals surface area contributed by atoms with E-state index < -0.39 is 36.3 Å². The van der Waals surface area contributed by atoms with E-state index in [0.717, 1.165) is 31.5 Å². The summed E-state index contributed by atoms with van der Waals surface area (Å²) < 4.78 is 92.7. The number of aromatic nitrogens is 4. The van der Waals surface area contributed by atoms with Crippen LogP contribution in [0.15, 0.2) is 133 Å². The molecule has 0 fully saturated rings. The predicted octanol–water partition coefficient (Wildman–Crippen LogP) is 11.0. The molecule has 0 aliphatic carbocycles. The Morgan fingerprint density at radius 2 is 1.22 bits per heavy atom. The van der Waals surface area contributed by atoms with Crippen LogP contribution in [0, 0.1) is 0 Å². The van der Waals surface area contributed by atoms with Gasteiger partial charge in [-0.05, 0) is 36.3 Å². The first-order valence-electron chi connectivity index (χ1n) is 19.1. The van der Waals surface area contributed by atoms with Gasteiger partial charge in [-0.3, -0.25) is 4.57 Å². The summed E-state index contributed by atoms with van der Waals surface area (Å²) in [7, 11) is 0. The third-order valence-electron chi connectivity index (χ3n) is 7.91. The first-order chi connectivity index (χ1) is 26.5. The van der Waals surface area contributed by atoms with E-state index in [9.17, 15) is 2.74 Å². The second-order valence-corrected chi connectivity index (χ2v) is 12.6. The molecule has 0 atom stereocenters. The molecule has 0 amide bonds. The monoisotopic (exact) mass is 620 g/mol. The van der Waals surface area contributed by atoms with Crippen LogP contribution >= 0.6 is 22.7 Å². The molecule has 0 bridgehead atoms. The van der Waals surface area contributed by atoms with Crippen LogP contribution in [-0.4, -0.2) is 19.5 Å². The smallest absolute Gasteiger partial charge is 0.238 e. The summed E-state index contributed by atoms with van der Waals surface area (Å²) >= 11 is 2.60. The highest BCUT2D eigenvalue weighted by Gasteiger charge is 2.19. The zero-order chi connectivity index (χ0) is 38.2. The summed E-state index contributed by atoms with van der Waals surface area (Å²) in [5.74, 6) is 0.517. The van der Waals surface area contributed by atoms with Crippen molar-refractivity contribution in [2.75, 3.05) is 0 Å². The minimum Gasteiger partial charge on any atom is -0.278 e. The molecule has 0 saturated carbocycles. The number of thiophene rings is 2. The summed E-state index contributed by atoms with van der Waals surface area (Å²) in [5, 5.41) is 2.38. The molecule has 0 unspecified atom stereocenters. The Balaban J connectivity index is 1.37. The summed E-state index contributed by atoms with van der Waals surface area (Å²) in [6.07, 6.45) is 0. The molecule has 0 aliphatic rings. The van der Waals surface area contributed by atoms with Crippen molar-refractivity contribution < 1.29 is 13.7 Å². The van der Waals surface area contributed by atoms with Gasteiger partial charge in [0, 0.05) is 62.2 Å². The number of para-hydroxylation sites is 1. The molecule has 6 aromatic carbocycles. The molecule has 4 aromatic heterocycles. The maximum Gasteiger partial charge on any atom is 0.238 e. The molecule has 4 heterocycles. The van der Waals surface area contributed by atoms with Crippen LogP contribution in [0.1, 0.15) is 13.7 Å². The Labute approximate surface area is 279 Å². The number of benzene rings is 6. The van der Waals surface area contributed by atoms with Crippen LogP contribution in [0.3, 0.4) is 0 Å². The Morgan fingerprint density at radius 1 is 0.489 bits per heavy atom. The number of nitrogens with zero attached hydrogens (tertiary/aromatic N) is 4. The van der Waals surface area contributed by atoms with Gasteiger partial charge in [0.1, 0.15) is 0 Å². The number of hydrogen-bond donors (Lipinski definition) is 0. The van der Waals surface area contributed by atoms with Gasteiger partial charge in [0.2, 0.25) is 5.95 Å². The van der Waals surface area contributed by atoms with E-state index in [1.165, 1.54) is 4.57 Å². The van der Waals surface area contributed by atoms with Crippen molar-refractivity contribution in [1.82, 2.24) is 19.5 Å². The largest absolute Gasteiger partial charge is 0.278 e. The van der Waals surface area contributed by atoms with Gasteiger partial charge in [0.25, 0.3) is 0 Å². The molecule has 10 rings (SSSR count). The Bertz CT molecular complexity index is 3340. The van der Waals surface area contributed by atoms with Crippen LogP contribution in [0.2, 0.25) is 0 Å². The van der Waals surface area contributed by atoms with E-state index in [2.05, 4.69) is 12.1 Å². The highest BCUT2D eigenvalue weighted by Crippen LogP contribution is 2.41. The molecule has 45 heavy (non-hydrogen) atoms. The Hall–Kier alpha value is -5.43. The predicted molar refractivity (Wildman–Crippen MR) is 191 cm³/mol. The van der Waals surface area contributed by atoms with Crippen molar-refractivity contribution >= 4 is 84.8 Å². The van der Waals surface area contributed by atoms with Gasteiger partial charge in [-0.2, -0.15) is 9.97 Å². The molecule has 210 valence electrons. The van der Waals surface area contributed by atoms with Gasteiger partial charge in [-0.25, -0.2) is 4.98 Å². The third-order valence-corrected chi connectivity index (χ3v) is 10.1. The topological polar surface area (TPSA) is 43.6 Å². The van der Waals surface area contributed by atoms with E-state index >= 15 is 0 Å². The van der Waals surface area contributed by atoms with Gasteiger partial charge < -0.3 is 0 Å². The summed E-state index contributed by atoms with van der Waals surface area (Å²) in [6, 6.07) is 19.4. The van der Waals surface area contributed by atoms with Crippen LogP contribution in [0.5, 0.6) is 0 Å². The zero-order valence-corrected chi connectivity index (χ0v) is 24.7. The van der Waals surface area contributed by atoms with Gasteiger partial charge in [-0.15, -0.1) is 22.7 Å². The molecule has 0 radical (unpaired) electrons. The maximum atomic E-state index is 9.66. The summed E-state index contributed by atoms with van der Waals surface area (Å²) in [6.45, 7) is 0. The maximum absolute atomic E-state index is 9.66. The van der Waals surface area contributed by atoms with E-state index in [0.29, 0.717) is 11.1 Å². The number of rotatable bonds is 3. The van der Waals surface area contributed by atoms with Crippen LogP contribution in [0.4, 0.5) is 0 Å². The second kappa shape index (κ2) is 9.53. The number of fused-ring (bicyclic) bond motifs is 9. The summed E-state index contributed by atoms with van der Waals surface area (Å²) in [4.78, 5) is 14.7. The zero-order valence-electron chi connectivity index (χ0n) is 33.0. The molecule has 0 N–H and O–H groups in total. The number of hydrogen-bond acceptors (Lipinski definition) is 5. The summed E-state index contributed by atoms with van der Waals surface area (Å²) in [5.41, 5.74) is 1.33. The fourth-order valence-electron chi connectivity index (χ4n) is 5.87. The third kappa shape index (κ3) is 3.80. The fraction of sp³-hybridized carbons (Fsp3) is 0. The Morgan fingerprint density at radius 3 is 2.13 bits per heavy atom. The first-order valence-corrected chi connectivity index (χ1v) is 15.7. The van der Waals surface area contributed by atoms with E-state index in [1.807, 2.05) is 60.7 Å². The van der Waals surface area contributed by atoms with Crippen molar-refractivity contribution in [2.24, 2.45) is 0 Å². The highest BCUT2D eigenvalue weighted by atomic mass is 32.1. The minimum absolute atomic E-state index is 0.0153. The lowest BCUT2D eigenvalue weighted by atomic mass is 10.1. The Kier molecular flexibility index (Phi) is 3.64. The van der Waals surface area contributed by atoms with Crippen molar-refractivity contribution in [1.29, 1.82) is 0 Å². The average Bonchev–Trinajstić information content (AvgIpc) is 3.91. The molecular weight excluding hydrogens is 589 g/mol. The quantitative estimate of drug-likeness (QED) is 0.197.